The average Bonchev–Trinajstić information content (AvgIpc) is 1.85. The molecule has 0 heterocycles. The molecule has 0 aliphatic carbocycles. The van der Waals surface area contributed by atoms with Crippen molar-refractivity contribution in [1.82, 2.24) is 0 Å². The zero-order valence-electron chi connectivity index (χ0n) is 5.72. The van der Waals surface area contributed by atoms with Gasteiger partial charge < -0.3 is 4.74 Å². The molecule has 0 unspecified atom stereocenters. The third-order valence-electron chi connectivity index (χ3n) is 0.726. The number of aliphatic imine (C=N–C) groups is 1. The van der Waals surface area contributed by atoms with E-state index in [1.54, 1.807) is 6.92 Å². The van der Waals surface area contributed by atoms with E-state index in [0.29, 0.717) is 12.5 Å². The first-order chi connectivity index (χ1) is 4.31. The number of nitriles is 1. The second-order valence-corrected chi connectivity index (χ2v) is 1.43. The Labute approximate surface area is 55.0 Å². The summed E-state index contributed by atoms with van der Waals surface area (Å²) < 4.78 is 4.94. The van der Waals surface area contributed by atoms with Gasteiger partial charge in [0.25, 0.3) is 0 Å². The van der Waals surface area contributed by atoms with Crippen molar-refractivity contribution in [3.63, 3.8) is 0 Å². The van der Waals surface area contributed by atoms with Crippen molar-refractivity contribution in [2.75, 3.05) is 13.2 Å². The predicted molar refractivity (Wildman–Crippen MR) is 35.2 cm³/mol. The van der Waals surface area contributed by atoms with E-state index in [-0.39, 0.29) is 6.54 Å². The van der Waals surface area contributed by atoms with Crippen LogP contribution in [0.2, 0.25) is 0 Å². The van der Waals surface area contributed by atoms with Crippen LogP contribution in [0.1, 0.15) is 13.8 Å². The number of nitrogens with zero attached hydrogens (tertiary/aromatic N) is 2. The van der Waals surface area contributed by atoms with Crippen LogP contribution >= 0.6 is 0 Å². The van der Waals surface area contributed by atoms with Crippen molar-refractivity contribution in [3.05, 3.63) is 0 Å². The molecule has 0 N–H and O–H groups in total. The van der Waals surface area contributed by atoms with E-state index in [1.807, 2.05) is 13.0 Å². The number of hydrogen-bond acceptors (Lipinski definition) is 3. The van der Waals surface area contributed by atoms with Crippen molar-refractivity contribution < 1.29 is 4.74 Å². The summed E-state index contributed by atoms with van der Waals surface area (Å²) in [5.74, 6) is 0.582. The molecule has 0 atom stereocenters. The fourth-order valence-electron chi connectivity index (χ4n) is 0.401. The third-order valence-corrected chi connectivity index (χ3v) is 0.726. The molecule has 0 aliphatic heterocycles. The van der Waals surface area contributed by atoms with Crippen LogP contribution in [-0.2, 0) is 4.74 Å². The lowest BCUT2D eigenvalue weighted by Crippen LogP contribution is -1.98. The van der Waals surface area contributed by atoms with E-state index in [0.717, 1.165) is 0 Å². The number of rotatable bonds is 2. The minimum atomic E-state index is 0.186. The lowest BCUT2D eigenvalue weighted by molar-refractivity contribution is 0.323. The highest BCUT2D eigenvalue weighted by atomic mass is 16.5. The normalized spacial score (nSPS) is 10.6. The maximum absolute atomic E-state index is 8.07. The second-order valence-electron chi connectivity index (χ2n) is 1.43. The molecule has 0 saturated carbocycles. The molecule has 0 aromatic heterocycles. The maximum Gasteiger partial charge on any atom is 0.180 e. The summed E-state index contributed by atoms with van der Waals surface area (Å²) >= 11 is 0. The van der Waals surface area contributed by atoms with E-state index >= 15 is 0 Å². The molecule has 0 fully saturated rings. The Bertz CT molecular complexity index is 134. The average molecular weight is 126 g/mol. The molecule has 9 heavy (non-hydrogen) atoms. The van der Waals surface area contributed by atoms with Crippen LogP contribution in [0.5, 0.6) is 0 Å². The summed E-state index contributed by atoms with van der Waals surface area (Å²) in [6.07, 6.45) is 0. The van der Waals surface area contributed by atoms with Crippen LogP contribution in [0.25, 0.3) is 0 Å². The van der Waals surface area contributed by atoms with Crippen LogP contribution < -0.4 is 0 Å². The Kier molecular flexibility index (Phi) is 4.51. The lowest BCUT2D eigenvalue weighted by Gasteiger charge is -1.97. The Morgan fingerprint density at radius 3 is 2.89 bits per heavy atom. The minimum Gasteiger partial charge on any atom is -0.481 e. The molecular formula is C6H10N2O. The minimum absolute atomic E-state index is 0.186. The first-order valence-electron chi connectivity index (χ1n) is 2.82. The molecule has 0 saturated heterocycles. The summed E-state index contributed by atoms with van der Waals surface area (Å²) in [6, 6.07) is 1.89. The Morgan fingerprint density at radius 2 is 2.44 bits per heavy atom. The Hall–Kier alpha value is -1.04. The summed E-state index contributed by atoms with van der Waals surface area (Å²) in [5, 5.41) is 8.07. The lowest BCUT2D eigenvalue weighted by atomic mass is 10.7. The largest absolute Gasteiger partial charge is 0.481 e. The summed E-state index contributed by atoms with van der Waals surface area (Å²) in [4.78, 5) is 3.77. The Morgan fingerprint density at radius 1 is 1.78 bits per heavy atom. The van der Waals surface area contributed by atoms with Crippen molar-refractivity contribution in [2.24, 2.45) is 4.99 Å². The van der Waals surface area contributed by atoms with Gasteiger partial charge in [0, 0.05) is 6.92 Å². The topological polar surface area (TPSA) is 45.4 Å². The molecule has 3 heteroatoms. The van der Waals surface area contributed by atoms with Crippen LogP contribution in [-0.4, -0.2) is 19.0 Å². The summed E-state index contributed by atoms with van der Waals surface area (Å²) in [5.41, 5.74) is 0. The highest BCUT2D eigenvalue weighted by Crippen LogP contribution is 1.79. The Balaban J connectivity index is 3.45. The fraction of sp³-hybridized carbons (Fsp3) is 0.667. The molecule has 0 radical (unpaired) electrons. The van der Waals surface area contributed by atoms with Gasteiger partial charge in [0.1, 0.15) is 6.54 Å². The number of ether oxygens (including phenoxy) is 1. The summed E-state index contributed by atoms with van der Waals surface area (Å²) in [7, 11) is 0. The van der Waals surface area contributed by atoms with E-state index in [1.165, 1.54) is 0 Å². The van der Waals surface area contributed by atoms with Crippen molar-refractivity contribution in [3.8, 4) is 6.07 Å². The van der Waals surface area contributed by atoms with Crippen LogP contribution in [0.3, 0.4) is 0 Å². The maximum atomic E-state index is 8.07. The smallest absolute Gasteiger partial charge is 0.180 e. The van der Waals surface area contributed by atoms with Crippen LogP contribution in [0, 0.1) is 11.3 Å². The van der Waals surface area contributed by atoms with Gasteiger partial charge in [-0.25, -0.2) is 4.99 Å². The predicted octanol–water partition coefficient (Wildman–Crippen LogP) is 0.965. The first kappa shape index (κ1) is 7.96. The highest BCUT2D eigenvalue weighted by molar-refractivity contribution is 5.73. The van der Waals surface area contributed by atoms with Crippen LogP contribution in [0.4, 0.5) is 0 Å². The quantitative estimate of drug-likeness (QED) is 0.314. The van der Waals surface area contributed by atoms with E-state index in [2.05, 4.69) is 4.99 Å². The van der Waals surface area contributed by atoms with E-state index in [9.17, 15) is 0 Å². The zero-order chi connectivity index (χ0) is 7.11. The van der Waals surface area contributed by atoms with Gasteiger partial charge in [-0.2, -0.15) is 5.26 Å². The van der Waals surface area contributed by atoms with Gasteiger partial charge in [-0.15, -0.1) is 0 Å². The van der Waals surface area contributed by atoms with Gasteiger partial charge >= 0.3 is 0 Å². The van der Waals surface area contributed by atoms with Crippen LogP contribution in [0.15, 0.2) is 4.99 Å². The zero-order valence-corrected chi connectivity index (χ0v) is 5.72. The fourth-order valence-corrected chi connectivity index (χ4v) is 0.401. The molecule has 50 valence electrons. The first-order valence-corrected chi connectivity index (χ1v) is 2.82. The molecule has 0 amide bonds. The highest BCUT2D eigenvalue weighted by Gasteiger charge is 1.84. The molecule has 0 aliphatic rings. The number of hydrogen-bond donors (Lipinski definition) is 0. The molecule has 0 aromatic carbocycles. The summed E-state index contributed by atoms with van der Waals surface area (Å²) in [6.45, 7) is 4.42. The molecule has 3 nitrogen and oxygen atoms in total. The van der Waals surface area contributed by atoms with Gasteiger partial charge in [0.05, 0.1) is 12.7 Å². The van der Waals surface area contributed by atoms with Gasteiger partial charge in [0.2, 0.25) is 0 Å². The van der Waals surface area contributed by atoms with E-state index < -0.39 is 0 Å². The molecule has 0 spiro atoms. The molecule has 0 bridgehead atoms. The van der Waals surface area contributed by atoms with Crippen molar-refractivity contribution in [2.45, 2.75) is 13.8 Å². The van der Waals surface area contributed by atoms with Gasteiger partial charge in [-0.05, 0) is 6.92 Å². The molecule has 0 rings (SSSR count). The monoisotopic (exact) mass is 126 g/mol. The van der Waals surface area contributed by atoms with E-state index in [4.69, 9.17) is 10.00 Å². The molecular weight excluding hydrogens is 116 g/mol. The van der Waals surface area contributed by atoms with Gasteiger partial charge in [-0.1, -0.05) is 0 Å². The van der Waals surface area contributed by atoms with Gasteiger partial charge in [-0.3, -0.25) is 0 Å². The standard InChI is InChI=1S/C6H10N2O/c1-3-9-6(2)8-5-4-7/h3,5H2,1-2H3/b8-6+. The van der Waals surface area contributed by atoms with Gasteiger partial charge in [0.15, 0.2) is 5.90 Å². The van der Waals surface area contributed by atoms with Crippen molar-refractivity contribution >= 4 is 5.90 Å². The SMILES string of the molecule is CCO/C(C)=N/CC#N. The second kappa shape index (κ2) is 5.10. The third kappa shape index (κ3) is 4.82. The van der Waals surface area contributed by atoms with Crippen molar-refractivity contribution in [1.29, 1.82) is 5.26 Å². The molecule has 0 aromatic rings.